The SMILES string of the molecule is CCCCS(=O)(=O)NCC(=O)Nc1ccc(C#N)cc1. The number of hydrogen-bond donors (Lipinski definition) is 2. The fraction of sp³-hybridized carbons (Fsp3) is 0.385. The molecular weight excluding hydrogens is 278 g/mol. The predicted molar refractivity (Wildman–Crippen MR) is 76.5 cm³/mol. The minimum absolute atomic E-state index is 0.0215. The van der Waals surface area contributed by atoms with Crippen molar-refractivity contribution in [3.63, 3.8) is 0 Å². The molecule has 6 nitrogen and oxygen atoms in total. The molecule has 0 aliphatic heterocycles. The molecule has 0 aliphatic carbocycles. The zero-order valence-corrected chi connectivity index (χ0v) is 12.0. The summed E-state index contributed by atoms with van der Waals surface area (Å²) >= 11 is 0. The summed E-state index contributed by atoms with van der Waals surface area (Å²) in [5, 5.41) is 11.2. The van der Waals surface area contributed by atoms with E-state index in [9.17, 15) is 13.2 Å². The van der Waals surface area contributed by atoms with Crippen LogP contribution in [0.15, 0.2) is 24.3 Å². The lowest BCUT2D eigenvalue weighted by atomic mass is 10.2. The van der Waals surface area contributed by atoms with Gasteiger partial charge < -0.3 is 5.32 Å². The van der Waals surface area contributed by atoms with E-state index >= 15 is 0 Å². The third-order valence-electron chi connectivity index (χ3n) is 2.52. The average Bonchev–Trinajstić information content (AvgIpc) is 2.44. The van der Waals surface area contributed by atoms with Crippen molar-refractivity contribution in [3.05, 3.63) is 29.8 Å². The molecule has 1 aromatic carbocycles. The summed E-state index contributed by atoms with van der Waals surface area (Å²) in [5.74, 6) is -0.428. The highest BCUT2D eigenvalue weighted by atomic mass is 32.2. The van der Waals surface area contributed by atoms with Crippen LogP contribution in [-0.2, 0) is 14.8 Å². The molecular formula is C13H17N3O3S. The molecule has 0 fully saturated rings. The quantitative estimate of drug-likeness (QED) is 0.790. The van der Waals surface area contributed by atoms with Gasteiger partial charge in [0.15, 0.2) is 0 Å². The third-order valence-corrected chi connectivity index (χ3v) is 3.93. The molecule has 7 heteroatoms. The van der Waals surface area contributed by atoms with E-state index in [1.54, 1.807) is 24.3 Å². The van der Waals surface area contributed by atoms with Gasteiger partial charge >= 0.3 is 0 Å². The normalized spacial score (nSPS) is 10.8. The van der Waals surface area contributed by atoms with Gasteiger partial charge in [-0.3, -0.25) is 4.79 Å². The number of anilines is 1. The van der Waals surface area contributed by atoms with Gasteiger partial charge in [0.1, 0.15) is 0 Å². The molecule has 0 saturated heterocycles. The van der Waals surface area contributed by atoms with Crippen LogP contribution in [0.25, 0.3) is 0 Å². The molecule has 20 heavy (non-hydrogen) atoms. The van der Waals surface area contributed by atoms with Crippen molar-refractivity contribution in [1.29, 1.82) is 5.26 Å². The number of sulfonamides is 1. The standard InChI is InChI=1S/C13H17N3O3S/c1-2-3-8-20(18,19)15-10-13(17)16-12-6-4-11(9-14)5-7-12/h4-7,15H,2-3,8,10H2,1H3,(H,16,17). The second-order valence-corrected chi connectivity index (χ2v) is 6.16. The number of rotatable bonds is 7. The monoisotopic (exact) mass is 295 g/mol. The minimum Gasteiger partial charge on any atom is -0.325 e. The molecule has 0 spiro atoms. The molecule has 0 aliphatic rings. The van der Waals surface area contributed by atoms with Crippen molar-refractivity contribution in [2.24, 2.45) is 0 Å². The van der Waals surface area contributed by atoms with E-state index < -0.39 is 15.9 Å². The first kappa shape index (κ1) is 16.1. The first-order chi connectivity index (χ1) is 9.46. The van der Waals surface area contributed by atoms with Crippen LogP contribution >= 0.6 is 0 Å². The largest absolute Gasteiger partial charge is 0.325 e. The smallest absolute Gasteiger partial charge is 0.239 e. The Morgan fingerprint density at radius 3 is 2.50 bits per heavy atom. The van der Waals surface area contributed by atoms with Crippen LogP contribution in [0.3, 0.4) is 0 Å². The van der Waals surface area contributed by atoms with E-state index in [1.807, 2.05) is 13.0 Å². The van der Waals surface area contributed by atoms with Gasteiger partial charge in [-0.15, -0.1) is 0 Å². The van der Waals surface area contributed by atoms with Gasteiger partial charge in [-0.2, -0.15) is 5.26 Å². The summed E-state index contributed by atoms with van der Waals surface area (Å²) < 4.78 is 25.2. The van der Waals surface area contributed by atoms with Crippen LogP contribution in [0.2, 0.25) is 0 Å². The number of nitrogens with one attached hydrogen (secondary N) is 2. The Morgan fingerprint density at radius 1 is 1.30 bits per heavy atom. The Labute approximate surface area is 118 Å². The van der Waals surface area contributed by atoms with Crippen molar-refractivity contribution in [2.75, 3.05) is 17.6 Å². The number of amides is 1. The first-order valence-corrected chi connectivity index (χ1v) is 7.89. The molecule has 0 saturated carbocycles. The zero-order chi connectivity index (χ0) is 15.0. The van der Waals surface area contributed by atoms with Gasteiger partial charge in [0.2, 0.25) is 15.9 Å². The second kappa shape index (κ2) is 7.62. The number of carbonyl (C=O) groups is 1. The van der Waals surface area contributed by atoms with Crippen molar-refractivity contribution >= 4 is 21.6 Å². The van der Waals surface area contributed by atoms with Gasteiger partial charge in [-0.05, 0) is 30.7 Å². The maximum absolute atomic E-state index is 11.6. The Kier molecular flexibility index (Phi) is 6.15. The first-order valence-electron chi connectivity index (χ1n) is 6.24. The summed E-state index contributed by atoms with van der Waals surface area (Å²) in [5.41, 5.74) is 1.00. The molecule has 1 aromatic rings. The van der Waals surface area contributed by atoms with Crippen LogP contribution in [0.1, 0.15) is 25.3 Å². The zero-order valence-electron chi connectivity index (χ0n) is 11.2. The number of unbranched alkanes of at least 4 members (excludes halogenated alkanes) is 1. The lowest BCUT2D eigenvalue weighted by Gasteiger charge is -2.07. The van der Waals surface area contributed by atoms with E-state index in [4.69, 9.17) is 5.26 Å². The Hall–Kier alpha value is -1.91. The number of hydrogen-bond acceptors (Lipinski definition) is 4. The van der Waals surface area contributed by atoms with Gasteiger partial charge in [-0.25, -0.2) is 13.1 Å². The molecule has 0 radical (unpaired) electrons. The molecule has 0 unspecified atom stereocenters. The summed E-state index contributed by atoms with van der Waals surface area (Å²) in [4.78, 5) is 11.6. The van der Waals surface area contributed by atoms with E-state index in [0.717, 1.165) is 6.42 Å². The lowest BCUT2D eigenvalue weighted by molar-refractivity contribution is -0.115. The number of nitrogens with zero attached hydrogens (tertiary/aromatic N) is 1. The van der Waals surface area contributed by atoms with Crippen LogP contribution < -0.4 is 10.0 Å². The molecule has 2 N–H and O–H groups in total. The molecule has 0 heterocycles. The fourth-order valence-electron chi connectivity index (χ4n) is 1.42. The van der Waals surface area contributed by atoms with Crippen LogP contribution in [0, 0.1) is 11.3 Å². The highest BCUT2D eigenvalue weighted by molar-refractivity contribution is 7.89. The van der Waals surface area contributed by atoms with E-state index in [0.29, 0.717) is 17.7 Å². The Bertz CT molecular complexity index is 588. The molecule has 108 valence electrons. The van der Waals surface area contributed by atoms with E-state index in [-0.39, 0.29) is 12.3 Å². The predicted octanol–water partition coefficient (Wildman–Crippen LogP) is 1.22. The van der Waals surface area contributed by atoms with Crippen molar-refractivity contribution < 1.29 is 13.2 Å². The fourth-order valence-corrected chi connectivity index (χ4v) is 2.58. The number of nitriles is 1. The Morgan fingerprint density at radius 2 is 1.95 bits per heavy atom. The number of benzene rings is 1. The summed E-state index contributed by atoms with van der Waals surface area (Å²) in [6.45, 7) is 1.60. The van der Waals surface area contributed by atoms with Gasteiger partial charge in [0, 0.05) is 5.69 Å². The Balaban J connectivity index is 2.45. The van der Waals surface area contributed by atoms with E-state index in [1.165, 1.54) is 0 Å². The molecule has 1 amide bonds. The van der Waals surface area contributed by atoms with Gasteiger partial charge in [0.05, 0.1) is 23.9 Å². The van der Waals surface area contributed by atoms with Crippen LogP contribution in [-0.4, -0.2) is 26.6 Å². The van der Waals surface area contributed by atoms with Gasteiger partial charge in [0.25, 0.3) is 0 Å². The summed E-state index contributed by atoms with van der Waals surface area (Å²) in [7, 11) is -3.40. The molecule has 0 atom stereocenters. The van der Waals surface area contributed by atoms with Crippen molar-refractivity contribution in [2.45, 2.75) is 19.8 Å². The van der Waals surface area contributed by atoms with Crippen LogP contribution in [0.4, 0.5) is 5.69 Å². The number of carbonyl (C=O) groups excluding carboxylic acids is 1. The highest BCUT2D eigenvalue weighted by Gasteiger charge is 2.11. The second-order valence-electron chi connectivity index (χ2n) is 4.23. The summed E-state index contributed by atoms with van der Waals surface area (Å²) in [6, 6.07) is 8.28. The molecule has 0 aromatic heterocycles. The van der Waals surface area contributed by atoms with Gasteiger partial charge in [-0.1, -0.05) is 13.3 Å². The highest BCUT2D eigenvalue weighted by Crippen LogP contribution is 2.08. The van der Waals surface area contributed by atoms with Crippen LogP contribution in [0.5, 0.6) is 0 Å². The lowest BCUT2D eigenvalue weighted by Crippen LogP contribution is -2.34. The molecule has 1 rings (SSSR count). The third kappa shape index (κ3) is 5.82. The summed E-state index contributed by atoms with van der Waals surface area (Å²) in [6.07, 6.45) is 1.34. The van der Waals surface area contributed by atoms with Crippen molar-refractivity contribution in [3.8, 4) is 6.07 Å². The van der Waals surface area contributed by atoms with E-state index in [2.05, 4.69) is 10.0 Å². The average molecular weight is 295 g/mol. The maximum Gasteiger partial charge on any atom is 0.239 e. The maximum atomic E-state index is 11.6. The molecule has 0 bridgehead atoms. The van der Waals surface area contributed by atoms with Crippen molar-refractivity contribution in [1.82, 2.24) is 4.72 Å². The topological polar surface area (TPSA) is 99.1 Å². The minimum atomic E-state index is -3.40.